The van der Waals surface area contributed by atoms with Crippen molar-refractivity contribution in [2.24, 2.45) is 5.73 Å². The summed E-state index contributed by atoms with van der Waals surface area (Å²) in [6.07, 6.45) is -0.0729. The van der Waals surface area contributed by atoms with Crippen molar-refractivity contribution in [3.8, 4) is 0 Å². The van der Waals surface area contributed by atoms with Crippen LogP contribution < -0.4 is 5.73 Å². The summed E-state index contributed by atoms with van der Waals surface area (Å²) in [5, 5.41) is 0.734. The predicted molar refractivity (Wildman–Crippen MR) is 79.2 cm³/mol. The van der Waals surface area contributed by atoms with Gasteiger partial charge in [-0.3, -0.25) is 0 Å². The molecule has 0 aliphatic heterocycles. The fourth-order valence-electron chi connectivity index (χ4n) is 1.86. The molecule has 0 saturated heterocycles. The molecule has 0 saturated carbocycles. The molecule has 0 aromatic heterocycles. The van der Waals surface area contributed by atoms with Crippen LogP contribution in [0.3, 0.4) is 0 Å². The summed E-state index contributed by atoms with van der Waals surface area (Å²) < 4.78 is 5.88. The lowest BCUT2D eigenvalue weighted by atomic mass is 10.1. The van der Waals surface area contributed by atoms with Gasteiger partial charge < -0.3 is 10.5 Å². The Morgan fingerprint density at radius 2 is 1.68 bits per heavy atom. The number of benzene rings is 2. The summed E-state index contributed by atoms with van der Waals surface area (Å²) in [5.74, 6) is 0. The molecule has 0 heterocycles. The van der Waals surface area contributed by atoms with Crippen LogP contribution in [-0.2, 0) is 11.3 Å². The Balaban J connectivity index is 1.99. The number of nitrogens with two attached hydrogens (primary N) is 1. The fraction of sp³-hybridized carbons (Fsp3) is 0.250. The smallest absolute Gasteiger partial charge is 0.0951 e. The quantitative estimate of drug-likeness (QED) is 0.899. The number of hydrogen-bond acceptors (Lipinski definition) is 2. The van der Waals surface area contributed by atoms with Crippen LogP contribution in [0.15, 0.2) is 48.5 Å². The van der Waals surface area contributed by atoms with Crippen LogP contribution in [0, 0.1) is 6.92 Å². The van der Waals surface area contributed by atoms with Gasteiger partial charge in [0.1, 0.15) is 0 Å². The van der Waals surface area contributed by atoms with E-state index < -0.39 is 0 Å². The molecule has 0 aliphatic carbocycles. The summed E-state index contributed by atoms with van der Waals surface area (Å²) >= 11 is 5.85. The molecule has 2 nitrogen and oxygen atoms in total. The molecule has 0 spiro atoms. The van der Waals surface area contributed by atoms with Crippen molar-refractivity contribution in [1.29, 1.82) is 0 Å². The van der Waals surface area contributed by atoms with Gasteiger partial charge >= 0.3 is 0 Å². The molecule has 0 aliphatic rings. The average Bonchev–Trinajstić information content (AvgIpc) is 2.43. The first kappa shape index (κ1) is 14.1. The fourth-order valence-corrected chi connectivity index (χ4v) is 1.98. The van der Waals surface area contributed by atoms with Crippen LogP contribution in [0.25, 0.3) is 0 Å². The minimum atomic E-state index is -0.0729. The van der Waals surface area contributed by atoms with E-state index in [4.69, 9.17) is 22.1 Å². The van der Waals surface area contributed by atoms with E-state index in [2.05, 4.69) is 31.2 Å². The van der Waals surface area contributed by atoms with E-state index in [0.717, 1.165) is 16.1 Å². The molecule has 0 amide bonds. The summed E-state index contributed by atoms with van der Waals surface area (Å²) in [5.41, 5.74) is 9.22. The van der Waals surface area contributed by atoms with Crippen LogP contribution in [0.4, 0.5) is 0 Å². The third-order valence-electron chi connectivity index (χ3n) is 3.03. The number of ether oxygens (including phenoxy) is 1. The van der Waals surface area contributed by atoms with E-state index in [1.807, 2.05) is 24.3 Å². The van der Waals surface area contributed by atoms with Gasteiger partial charge in [-0.2, -0.15) is 0 Å². The molecule has 0 bridgehead atoms. The lowest BCUT2D eigenvalue weighted by Gasteiger charge is -2.16. The number of rotatable bonds is 5. The van der Waals surface area contributed by atoms with E-state index in [-0.39, 0.29) is 6.10 Å². The largest absolute Gasteiger partial charge is 0.368 e. The van der Waals surface area contributed by atoms with E-state index in [1.54, 1.807) is 0 Å². The van der Waals surface area contributed by atoms with Crippen molar-refractivity contribution < 1.29 is 4.74 Å². The maximum atomic E-state index is 5.88. The van der Waals surface area contributed by atoms with Gasteiger partial charge in [-0.25, -0.2) is 0 Å². The first-order chi connectivity index (χ1) is 9.19. The van der Waals surface area contributed by atoms with Gasteiger partial charge in [0.15, 0.2) is 0 Å². The monoisotopic (exact) mass is 275 g/mol. The van der Waals surface area contributed by atoms with Crippen LogP contribution in [0.1, 0.15) is 22.8 Å². The minimum absolute atomic E-state index is 0.0729. The van der Waals surface area contributed by atoms with Gasteiger partial charge in [0.2, 0.25) is 0 Å². The topological polar surface area (TPSA) is 35.2 Å². The molecule has 2 rings (SSSR count). The summed E-state index contributed by atoms with van der Waals surface area (Å²) in [7, 11) is 0. The van der Waals surface area contributed by atoms with E-state index in [1.165, 1.54) is 5.56 Å². The van der Waals surface area contributed by atoms with Crippen LogP contribution >= 0.6 is 11.6 Å². The van der Waals surface area contributed by atoms with Crippen molar-refractivity contribution in [2.45, 2.75) is 19.6 Å². The van der Waals surface area contributed by atoms with Crippen molar-refractivity contribution in [2.75, 3.05) is 6.54 Å². The van der Waals surface area contributed by atoms with Gasteiger partial charge in [-0.05, 0) is 30.2 Å². The Kier molecular flexibility index (Phi) is 4.97. The molecule has 100 valence electrons. The Bertz CT molecular complexity index is 507. The highest BCUT2D eigenvalue weighted by Crippen LogP contribution is 2.19. The third kappa shape index (κ3) is 4.06. The predicted octanol–water partition coefficient (Wildman–Crippen LogP) is 3.87. The normalized spacial score (nSPS) is 12.4. The summed E-state index contributed by atoms with van der Waals surface area (Å²) in [4.78, 5) is 0. The first-order valence-corrected chi connectivity index (χ1v) is 6.69. The van der Waals surface area contributed by atoms with E-state index >= 15 is 0 Å². The molecular weight excluding hydrogens is 258 g/mol. The molecule has 2 aromatic carbocycles. The Morgan fingerprint density at radius 1 is 1.05 bits per heavy atom. The number of hydrogen-bond donors (Lipinski definition) is 1. The standard InChI is InChI=1S/C16H18ClNO/c1-12-2-6-14(7-3-12)16(10-18)19-11-13-4-8-15(17)9-5-13/h2-9,16H,10-11,18H2,1H3. The van der Waals surface area contributed by atoms with Gasteiger partial charge in [-0.15, -0.1) is 0 Å². The lowest BCUT2D eigenvalue weighted by molar-refractivity contribution is 0.0456. The Hall–Kier alpha value is -1.35. The molecular formula is C16H18ClNO. The maximum absolute atomic E-state index is 5.88. The molecule has 0 fully saturated rings. The highest BCUT2D eigenvalue weighted by molar-refractivity contribution is 6.30. The number of halogens is 1. The van der Waals surface area contributed by atoms with Gasteiger partial charge in [0, 0.05) is 11.6 Å². The zero-order chi connectivity index (χ0) is 13.7. The molecule has 1 atom stereocenters. The van der Waals surface area contributed by atoms with Crippen LogP contribution in [-0.4, -0.2) is 6.54 Å². The second kappa shape index (κ2) is 6.71. The van der Waals surface area contributed by atoms with Gasteiger partial charge in [0.05, 0.1) is 12.7 Å². The highest BCUT2D eigenvalue weighted by atomic mass is 35.5. The van der Waals surface area contributed by atoms with Crippen LogP contribution in [0.2, 0.25) is 5.02 Å². The summed E-state index contributed by atoms with van der Waals surface area (Å²) in [6, 6.07) is 15.9. The SMILES string of the molecule is Cc1ccc(C(CN)OCc2ccc(Cl)cc2)cc1. The Labute approximate surface area is 119 Å². The molecule has 19 heavy (non-hydrogen) atoms. The molecule has 2 N–H and O–H groups in total. The maximum Gasteiger partial charge on any atom is 0.0951 e. The van der Waals surface area contributed by atoms with Gasteiger partial charge in [0.25, 0.3) is 0 Å². The zero-order valence-electron chi connectivity index (χ0n) is 11.0. The molecule has 1 unspecified atom stereocenters. The van der Waals surface area contributed by atoms with Crippen molar-refractivity contribution in [1.82, 2.24) is 0 Å². The Morgan fingerprint density at radius 3 is 2.26 bits per heavy atom. The second-order valence-electron chi connectivity index (χ2n) is 4.57. The minimum Gasteiger partial charge on any atom is -0.368 e. The molecule has 2 aromatic rings. The molecule has 0 radical (unpaired) electrons. The highest BCUT2D eigenvalue weighted by Gasteiger charge is 2.09. The average molecular weight is 276 g/mol. The van der Waals surface area contributed by atoms with E-state index in [0.29, 0.717) is 13.2 Å². The van der Waals surface area contributed by atoms with Crippen molar-refractivity contribution in [3.05, 3.63) is 70.2 Å². The van der Waals surface area contributed by atoms with Crippen LogP contribution in [0.5, 0.6) is 0 Å². The second-order valence-corrected chi connectivity index (χ2v) is 5.01. The third-order valence-corrected chi connectivity index (χ3v) is 3.28. The molecule has 3 heteroatoms. The lowest BCUT2D eigenvalue weighted by Crippen LogP contribution is -2.15. The van der Waals surface area contributed by atoms with Gasteiger partial charge in [-0.1, -0.05) is 53.6 Å². The zero-order valence-corrected chi connectivity index (χ0v) is 11.7. The first-order valence-electron chi connectivity index (χ1n) is 6.31. The number of aryl methyl sites for hydroxylation is 1. The summed E-state index contributed by atoms with van der Waals surface area (Å²) in [6.45, 7) is 3.07. The van der Waals surface area contributed by atoms with Crippen molar-refractivity contribution in [3.63, 3.8) is 0 Å². The van der Waals surface area contributed by atoms with Crippen molar-refractivity contribution >= 4 is 11.6 Å². The van der Waals surface area contributed by atoms with E-state index in [9.17, 15) is 0 Å².